The van der Waals surface area contributed by atoms with Gasteiger partial charge >= 0.3 is 0 Å². The molecule has 0 spiro atoms. The Morgan fingerprint density at radius 1 is 1.25 bits per heavy atom. The van der Waals surface area contributed by atoms with Crippen molar-refractivity contribution in [2.24, 2.45) is 5.10 Å². The lowest BCUT2D eigenvalue weighted by atomic mass is 10.1. The fourth-order valence-corrected chi connectivity index (χ4v) is 2.81. The Morgan fingerprint density at radius 3 is 2.50 bits per heavy atom. The Hall–Kier alpha value is -1.12. The molecule has 7 heteroatoms. The SMILES string of the molecule is Cc1ccc(C2=NN[C@H]([C@@H](O)[C@H](O)[C@H](O)CO)S2)cc1. The molecule has 0 fully saturated rings. The summed E-state index contributed by atoms with van der Waals surface area (Å²) in [6, 6.07) is 7.78. The van der Waals surface area contributed by atoms with Crippen molar-refractivity contribution in [1.29, 1.82) is 0 Å². The van der Waals surface area contributed by atoms with Crippen molar-refractivity contribution in [3.8, 4) is 0 Å². The predicted octanol–water partition coefficient (Wildman–Crippen LogP) is -0.606. The van der Waals surface area contributed by atoms with E-state index in [4.69, 9.17) is 5.11 Å². The van der Waals surface area contributed by atoms with E-state index in [-0.39, 0.29) is 0 Å². The van der Waals surface area contributed by atoms with Crippen LogP contribution in [0.25, 0.3) is 0 Å². The van der Waals surface area contributed by atoms with Crippen LogP contribution in [-0.2, 0) is 0 Å². The number of rotatable bonds is 5. The summed E-state index contributed by atoms with van der Waals surface area (Å²) in [6.45, 7) is 1.38. The first kappa shape index (κ1) is 15.3. The molecule has 20 heavy (non-hydrogen) atoms. The minimum absolute atomic E-state index is 0.567. The quantitative estimate of drug-likeness (QED) is 0.497. The molecule has 0 aromatic heterocycles. The zero-order valence-corrected chi connectivity index (χ0v) is 11.8. The number of aliphatic hydroxyl groups excluding tert-OH is 4. The second-order valence-corrected chi connectivity index (χ2v) is 5.81. The standard InChI is InChI=1S/C13H18N2O4S/c1-7-2-4-8(5-3-7)12-14-15-13(20-12)11(19)10(18)9(17)6-16/h2-5,9-11,13,15-19H,6H2,1H3/t9-,10-,11+,13+/m1/s1. The topological polar surface area (TPSA) is 105 Å². The Kier molecular flexibility index (Phi) is 5.00. The van der Waals surface area contributed by atoms with Gasteiger partial charge in [0.2, 0.25) is 0 Å². The first-order valence-electron chi connectivity index (χ1n) is 6.25. The van der Waals surface area contributed by atoms with E-state index >= 15 is 0 Å². The van der Waals surface area contributed by atoms with Crippen molar-refractivity contribution in [2.45, 2.75) is 30.6 Å². The minimum atomic E-state index is -1.43. The molecule has 1 heterocycles. The van der Waals surface area contributed by atoms with Gasteiger partial charge in [0.15, 0.2) is 0 Å². The molecule has 5 N–H and O–H groups in total. The van der Waals surface area contributed by atoms with Gasteiger partial charge in [0.25, 0.3) is 0 Å². The van der Waals surface area contributed by atoms with Crippen LogP contribution in [0.15, 0.2) is 29.4 Å². The van der Waals surface area contributed by atoms with Gasteiger partial charge in [0.05, 0.1) is 6.61 Å². The number of nitrogens with one attached hydrogen (secondary N) is 1. The van der Waals surface area contributed by atoms with Crippen LogP contribution in [0.3, 0.4) is 0 Å². The number of aryl methyl sites for hydroxylation is 1. The van der Waals surface area contributed by atoms with Crippen LogP contribution >= 0.6 is 11.8 Å². The van der Waals surface area contributed by atoms with Gasteiger partial charge in [-0.15, -0.1) is 0 Å². The molecule has 4 atom stereocenters. The van der Waals surface area contributed by atoms with Crippen LogP contribution in [-0.4, -0.2) is 55.8 Å². The third-order valence-corrected chi connectivity index (χ3v) is 4.26. The van der Waals surface area contributed by atoms with Gasteiger partial charge in [-0.2, -0.15) is 5.10 Å². The van der Waals surface area contributed by atoms with E-state index in [0.717, 1.165) is 11.1 Å². The summed E-state index contributed by atoms with van der Waals surface area (Å²) < 4.78 is 0. The van der Waals surface area contributed by atoms with E-state index in [1.54, 1.807) is 0 Å². The van der Waals surface area contributed by atoms with E-state index in [0.29, 0.717) is 5.04 Å². The Labute approximate surface area is 121 Å². The molecule has 0 aliphatic carbocycles. The highest BCUT2D eigenvalue weighted by atomic mass is 32.2. The number of hydrogen-bond acceptors (Lipinski definition) is 7. The van der Waals surface area contributed by atoms with E-state index in [1.807, 2.05) is 31.2 Å². The highest BCUT2D eigenvalue weighted by Gasteiger charge is 2.35. The summed E-state index contributed by atoms with van der Waals surface area (Å²) in [4.78, 5) is 0. The number of hydrogen-bond donors (Lipinski definition) is 5. The summed E-state index contributed by atoms with van der Waals surface area (Å²) in [5, 5.41) is 42.0. The van der Waals surface area contributed by atoms with Crippen molar-refractivity contribution in [2.75, 3.05) is 6.61 Å². The van der Waals surface area contributed by atoms with Gasteiger partial charge in [-0.1, -0.05) is 41.6 Å². The number of hydrazone groups is 1. The lowest BCUT2D eigenvalue weighted by Gasteiger charge is -2.25. The van der Waals surface area contributed by atoms with Gasteiger partial charge < -0.3 is 20.4 Å². The van der Waals surface area contributed by atoms with Crippen LogP contribution in [0.1, 0.15) is 11.1 Å². The molecule has 2 rings (SSSR count). The van der Waals surface area contributed by atoms with E-state index in [9.17, 15) is 15.3 Å². The molecule has 1 aliphatic rings. The average Bonchev–Trinajstić information content (AvgIpc) is 2.95. The number of aliphatic hydroxyl groups is 4. The molecule has 6 nitrogen and oxygen atoms in total. The molecule has 0 bridgehead atoms. The zero-order valence-electron chi connectivity index (χ0n) is 11.0. The Morgan fingerprint density at radius 2 is 1.90 bits per heavy atom. The second-order valence-electron chi connectivity index (χ2n) is 4.68. The number of thioether (sulfide) groups is 1. The van der Waals surface area contributed by atoms with Gasteiger partial charge in [0.1, 0.15) is 28.7 Å². The van der Waals surface area contributed by atoms with Crippen LogP contribution in [0, 0.1) is 6.92 Å². The maximum atomic E-state index is 9.95. The Balaban J connectivity index is 1.99. The monoisotopic (exact) mass is 298 g/mol. The minimum Gasteiger partial charge on any atom is -0.394 e. The molecule has 1 aliphatic heterocycles. The maximum Gasteiger partial charge on any atom is 0.125 e. The molecule has 0 amide bonds. The fourth-order valence-electron chi connectivity index (χ4n) is 1.78. The van der Waals surface area contributed by atoms with E-state index in [1.165, 1.54) is 11.8 Å². The molecular weight excluding hydrogens is 280 g/mol. The van der Waals surface area contributed by atoms with Gasteiger partial charge in [-0.25, -0.2) is 0 Å². The van der Waals surface area contributed by atoms with Crippen LogP contribution in [0.5, 0.6) is 0 Å². The zero-order chi connectivity index (χ0) is 14.7. The highest BCUT2D eigenvalue weighted by molar-refractivity contribution is 8.15. The summed E-state index contributed by atoms with van der Waals surface area (Å²) in [6.07, 6.45) is -4.05. The molecule has 0 saturated heterocycles. The molecule has 0 unspecified atom stereocenters. The van der Waals surface area contributed by atoms with Gasteiger partial charge in [0, 0.05) is 5.56 Å². The number of benzene rings is 1. The summed E-state index contributed by atoms with van der Waals surface area (Å²) in [5.41, 5.74) is 4.79. The summed E-state index contributed by atoms with van der Waals surface area (Å²) in [7, 11) is 0. The van der Waals surface area contributed by atoms with Crippen molar-refractivity contribution >= 4 is 16.8 Å². The summed E-state index contributed by atoms with van der Waals surface area (Å²) >= 11 is 1.27. The average molecular weight is 298 g/mol. The number of nitrogens with zero attached hydrogens (tertiary/aromatic N) is 1. The third-order valence-electron chi connectivity index (χ3n) is 3.07. The fraction of sp³-hybridized carbons (Fsp3) is 0.462. The molecular formula is C13H18N2O4S. The van der Waals surface area contributed by atoms with Crippen LogP contribution in [0.4, 0.5) is 0 Å². The largest absolute Gasteiger partial charge is 0.394 e. The molecule has 0 radical (unpaired) electrons. The predicted molar refractivity (Wildman–Crippen MR) is 77.3 cm³/mol. The molecule has 110 valence electrons. The third kappa shape index (κ3) is 3.31. The first-order chi connectivity index (χ1) is 9.52. The van der Waals surface area contributed by atoms with Crippen molar-refractivity contribution < 1.29 is 20.4 Å². The van der Waals surface area contributed by atoms with Gasteiger partial charge in [-0.3, -0.25) is 5.43 Å². The smallest absolute Gasteiger partial charge is 0.125 e. The van der Waals surface area contributed by atoms with Crippen molar-refractivity contribution in [1.82, 2.24) is 5.43 Å². The lowest BCUT2D eigenvalue weighted by Crippen LogP contribution is -2.47. The summed E-state index contributed by atoms with van der Waals surface area (Å²) in [5.74, 6) is 0. The molecule has 1 aromatic rings. The lowest BCUT2D eigenvalue weighted by molar-refractivity contribution is -0.0779. The van der Waals surface area contributed by atoms with E-state index in [2.05, 4.69) is 10.5 Å². The van der Waals surface area contributed by atoms with E-state index < -0.39 is 30.3 Å². The Bertz CT molecular complexity index is 480. The van der Waals surface area contributed by atoms with Crippen molar-refractivity contribution in [3.05, 3.63) is 35.4 Å². The van der Waals surface area contributed by atoms with Gasteiger partial charge in [-0.05, 0) is 6.92 Å². The maximum absolute atomic E-state index is 9.95. The second kappa shape index (κ2) is 6.55. The first-order valence-corrected chi connectivity index (χ1v) is 7.13. The van der Waals surface area contributed by atoms with Crippen LogP contribution in [0.2, 0.25) is 0 Å². The molecule has 0 saturated carbocycles. The normalized spacial score (nSPS) is 22.9. The van der Waals surface area contributed by atoms with Crippen LogP contribution < -0.4 is 5.43 Å². The van der Waals surface area contributed by atoms with Crippen molar-refractivity contribution in [3.63, 3.8) is 0 Å². The molecule has 1 aromatic carbocycles. The highest BCUT2D eigenvalue weighted by Crippen LogP contribution is 2.26.